The van der Waals surface area contributed by atoms with E-state index in [1.807, 2.05) is 0 Å². The molecule has 2 N–H and O–H groups in total. The SMILES string of the molecule is O=C(NCCn1nc2c(cc1=O)CCCC2)NC1CCCC1. The Hall–Kier alpha value is -1.85. The number of nitrogens with zero attached hydrogens (tertiary/aromatic N) is 2. The maximum Gasteiger partial charge on any atom is 0.315 e. The minimum Gasteiger partial charge on any atom is -0.336 e. The van der Waals surface area contributed by atoms with E-state index >= 15 is 0 Å². The Morgan fingerprint density at radius 3 is 2.82 bits per heavy atom. The van der Waals surface area contributed by atoms with Crippen molar-refractivity contribution in [2.45, 2.75) is 64.0 Å². The van der Waals surface area contributed by atoms with E-state index in [0.29, 0.717) is 19.1 Å². The Kier molecular flexibility index (Phi) is 4.75. The highest BCUT2D eigenvalue weighted by Gasteiger charge is 2.17. The molecule has 0 radical (unpaired) electrons. The van der Waals surface area contributed by atoms with Gasteiger partial charge in [0.25, 0.3) is 5.56 Å². The number of aryl methyl sites for hydroxylation is 2. The van der Waals surface area contributed by atoms with Crippen molar-refractivity contribution in [1.29, 1.82) is 0 Å². The smallest absolute Gasteiger partial charge is 0.315 e. The van der Waals surface area contributed by atoms with Crippen molar-refractivity contribution in [3.63, 3.8) is 0 Å². The summed E-state index contributed by atoms with van der Waals surface area (Å²) in [4.78, 5) is 23.8. The third kappa shape index (κ3) is 3.67. The lowest BCUT2D eigenvalue weighted by Gasteiger charge is -2.16. The average Bonchev–Trinajstić information content (AvgIpc) is 3.00. The molecule has 0 spiro atoms. The Bertz CT molecular complexity index is 590. The second kappa shape index (κ2) is 6.94. The number of rotatable bonds is 4. The molecule has 0 aromatic carbocycles. The Labute approximate surface area is 130 Å². The molecule has 2 aliphatic carbocycles. The lowest BCUT2D eigenvalue weighted by atomic mass is 9.97. The molecule has 1 saturated carbocycles. The Morgan fingerprint density at radius 1 is 1.23 bits per heavy atom. The normalized spacial score (nSPS) is 18.0. The van der Waals surface area contributed by atoms with Gasteiger partial charge in [0.2, 0.25) is 0 Å². The molecule has 6 nitrogen and oxygen atoms in total. The van der Waals surface area contributed by atoms with Crippen LogP contribution in [0.4, 0.5) is 4.79 Å². The van der Waals surface area contributed by atoms with Crippen LogP contribution in [0.15, 0.2) is 10.9 Å². The molecule has 22 heavy (non-hydrogen) atoms. The first-order valence-corrected chi connectivity index (χ1v) is 8.36. The third-order valence-corrected chi connectivity index (χ3v) is 4.57. The van der Waals surface area contributed by atoms with Gasteiger partial charge < -0.3 is 10.6 Å². The standard InChI is InChI=1S/C16H24N4O2/c21-15-11-12-5-1-4-8-14(12)19-20(15)10-9-17-16(22)18-13-6-2-3-7-13/h11,13H,1-10H2,(H2,17,18,22). The second-order valence-electron chi connectivity index (χ2n) is 6.27. The van der Waals surface area contributed by atoms with Gasteiger partial charge in [0.05, 0.1) is 12.2 Å². The van der Waals surface area contributed by atoms with Crippen molar-refractivity contribution >= 4 is 6.03 Å². The van der Waals surface area contributed by atoms with Gasteiger partial charge >= 0.3 is 6.03 Å². The molecule has 0 aliphatic heterocycles. The summed E-state index contributed by atoms with van der Waals surface area (Å²) in [7, 11) is 0. The fourth-order valence-electron chi connectivity index (χ4n) is 3.34. The van der Waals surface area contributed by atoms with Crippen molar-refractivity contribution in [1.82, 2.24) is 20.4 Å². The quantitative estimate of drug-likeness (QED) is 0.882. The first-order valence-electron chi connectivity index (χ1n) is 8.36. The minimum absolute atomic E-state index is 0.0707. The van der Waals surface area contributed by atoms with Gasteiger partial charge in [0, 0.05) is 18.7 Å². The number of hydrogen-bond acceptors (Lipinski definition) is 3. The zero-order chi connectivity index (χ0) is 15.4. The van der Waals surface area contributed by atoms with E-state index in [4.69, 9.17) is 0 Å². The van der Waals surface area contributed by atoms with E-state index in [1.165, 1.54) is 17.5 Å². The Balaban J connectivity index is 1.50. The molecule has 0 unspecified atom stereocenters. The largest absolute Gasteiger partial charge is 0.336 e. The number of urea groups is 1. The van der Waals surface area contributed by atoms with Gasteiger partial charge in [0.1, 0.15) is 0 Å². The van der Waals surface area contributed by atoms with Crippen molar-refractivity contribution in [3.8, 4) is 0 Å². The highest BCUT2D eigenvalue weighted by molar-refractivity contribution is 5.74. The summed E-state index contributed by atoms with van der Waals surface area (Å²) in [6.07, 6.45) is 8.71. The van der Waals surface area contributed by atoms with E-state index in [-0.39, 0.29) is 11.6 Å². The van der Waals surface area contributed by atoms with Gasteiger partial charge in [-0.15, -0.1) is 0 Å². The number of fused-ring (bicyclic) bond motifs is 1. The molecule has 1 aromatic rings. The molecule has 1 aromatic heterocycles. The first-order chi connectivity index (χ1) is 10.7. The average molecular weight is 304 g/mol. The lowest BCUT2D eigenvalue weighted by Crippen LogP contribution is -2.42. The highest BCUT2D eigenvalue weighted by Crippen LogP contribution is 2.17. The van der Waals surface area contributed by atoms with Gasteiger partial charge in [0.15, 0.2) is 0 Å². The topological polar surface area (TPSA) is 76.0 Å². The predicted octanol–water partition coefficient (Wildman–Crippen LogP) is 1.36. The molecule has 0 saturated heterocycles. The van der Waals surface area contributed by atoms with E-state index in [9.17, 15) is 9.59 Å². The molecule has 3 rings (SSSR count). The molecular weight excluding hydrogens is 280 g/mol. The molecule has 0 atom stereocenters. The zero-order valence-corrected chi connectivity index (χ0v) is 12.9. The maximum atomic E-state index is 12.0. The molecule has 0 bridgehead atoms. The van der Waals surface area contributed by atoms with Crippen LogP contribution in [0.1, 0.15) is 49.8 Å². The summed E-state index contributed by atoms with van der Waals surface area (Å²) < 4.78 is 1.47. The number of hydrogen-bond donors (Lipinski definition) is 2. The van der Waals surface area contributed by atoms with Crippen LogP contribution in [0.2, 0.25) is 0 Å². The Morgan fingerprint density at radius 2 is 2.00 bits per heavy atom. The summed E-state index contributed by atoms with van der Waals surface area (Å²) in [6.45, 7) is 0.842. The molecule has 120 valence electrons. The predicted molar refractivity (Wildman–Crippen MR) is 83.9 cm³/mol. The van der Waals surface area contributed by atoms with E-state index in [2.05, 4.69) is 15.7 Å². The number of carbonyl (C=O) groups excluding carboxylic acids is 1. The summed E-state index contributed by atoms with van der Waals surface area (Å²) >= 11 is 0. The van der Waals surface area contributed by atoms with Gasteiger partial charge in [-0.25, -0.2) is 9.48 Å². The summed E-state index contributed by atoms with van der Waals surface area (Å²) in [5.74, 6) is 0. The summed E-state index contributed by atoms with van der Waals surface area (Å²) in [5, 5.41) is 10.2. The number of amides is 2. The van der Waals surface area contributed by atoms with Gasteiger partial charge in [-0.3, -0.25) is 4.79 Å². The fraction of sp³-hybridized carbons (Fsp3) is 0.688. The monoisotopic (exact) mass is 304 g/mol. The van der Waals surface area contributed by atoms with Gasteiger partial charge in [-0.05, 0) is 44.1 Å². The van der Waals surface area contributed by atoms with Crippen molar-refractivity contribution in [3.05, 3.63) is 27.7 Å². The van der Waals surface area contributed by atoms with Gasteiger partial charge in [-0.2, -0.15) is 5.10 Å². The lowest BCUT2D eigenvalue weighted by molar-refractivity contribution is 0.236. The summed E-state index contributed by atoms with van der Waals surface area (Å²) in [5.41, 5.74) is 2.07. The summed E-state index contributed by atoms with van der Waals surface area (Å²) in [6, 6.07) is 1.88. The third-order valence-electron chi connectivity index (χ3n) is 4.57. The van der Waals surface area contributed by atoms with Crippen LogP contribution < -0.4 is 16.2 Å². The molecule has 2 amide bonds. The van der Waals surface area contributed by atoms with Crippen LogP contribution in [0.25, 0.3) is 0 Å². The number of carbonyl (C=O) groups is 1. The van der Waals surface area contributed by atoms with E-state index < -0.39 is 0 Å². The first kappa shape index (κ1) is 15.1. The van der Waals surface area contributed by atoms with Crippen LogP contribution in [-0.2, 0) is 19.4 Å². The molecule has 1 heterocycles. The van der Waals surface area contributed by atoms with E-state index in [1.54, 1.807) is 6.07 Å². The highest BCUT2D eigenvalue weighted by atomic mass is 16.2. The second-order valence-corrected chi connectivity index (χ2v) is 6.27. The van der Waals surface area contributed by atoms with Crippen LogP contribution in [0.5, 0.6) is 0 Å². The fourth-order valence-corrected chi connectivity index (χ4v) is 3.34. The van der Waals surface area contributed by atoms with Crippen LogP contribution in [0.3, 0.4) is 0 Å². The number of aromatic nitrogens is 2. The van der Waals surface area contributed by atoms with Crippen molar-refractivity contribution in [2.75, 3.05) is 6.54 Å². The van der Waals surface area contributed by atoms with Crippen molar-refractivity contribution < 1.29 is 4.79 Å². The molecule has 2 aliphatic rings. The number of nitrogens with one attached hydrogen (secondary N) is 2. The van der Waals surface area contributed by atoms with Crippen LogP contribution >= 0.6 is 0 Å². The molecule has 6 heteroatoms. The molecule has 1 fully saturated rings. The van der Waals surface area contributed by atoms with Crippen LogP contribution in [-0.4, -0.2) is 28.4 Å². The van der Waals surface area contributed by atoms with Gasteiger partial charge in [-0.1, -0.05) is 12.8 Å². The maximum absolute atomic E-state index is 12.0. The van der Waals surface area contributed by atoms with Crippen LogP contribution in [0, 0.1) is 0 Å². The van der Waals surface area contributed by atoms with Crippen molar-refractivity contribution in [2.24, 2.45) is 0 Å². The van der Waals surface area contributed by atoms with E-state index in [0.717, 1.165) is 49.8 Å². The zero-order valence-electron chi connectivity index (χ0n) is 12.9. The molecular formula is C16H24N4O2. The minimum atomic E-state index is -0.141.